The van der Waals surface area contributed by atoms with Crippen LogP contribution in [0.3, 0.4) is 0 Å². The van der Waals surface area contributed by atoms with Gasteiger partial charge in [-0.1, -0.05) is 12.1 Å². The average molecular weight is 255 g/mol. The molecule has 0 aliphatic carbocycles. The van der Waals surface area contributed by atoms with Crippen molar-refractivity contribution in [1.82, 2.24) is 5.32 Å². The van der Waals surface area contributed by atoms with Gasteiger partial charge in [-0.05, 0) is 11.6 Å². The lowest BCUT2D eigenvalue weighted by atomic mass is 10.0. The lowest BCUT2D eigenvalue weighted by Crippen LogP contribution is -2.42. The van der Waals surface area contributed by atoms with E-state index in [0.717, 1.165) is 6.07 Å². The SMILES string of the molecule is O=C(Cc1cccc(F)c1F)CC1COCCN1. The molecular formula is C13H15F2NO2. The van der Waals surface area contributed by atoms with Crippen LogP contribution in [0.2, 0.25) is 0 Å². The molecule has 98 valence electrons. The van der Waals surface area contributed by atoms with Gasteiger partial charge in [0.15, 0.2) is 11.6 Å². The number of hydrogen-bond acceptors (Lipinski definition) is 3. The third kappa shape index (κ3) is 3.34. The van der Waals surface area contributed by atoms with Gasteiger partial charge in [0.05, 0.1) is 13.2 Å². The molecule has 0 aromatic heterocycles. The summed E-state index contributed by atoms with van der Waals surface area (Å²) in [6.45, 7) is 1.84. The molecule has 0 spiro atoms. The first-order valence-electron chi connectivity index (χ1n) is 5.92. The molecule has 0 radical (unpaired) electrons. The minimum atomic E-state index is -0.932. The Bertz CT molecular complexity index is 431. The Morgan fingerprint density at radius 2 is 2.28 bits per heavy atom. The minimum Gasteiger partial charge on any atom is -0.379 e. The van der Waals surface area contributed by atoms with Crippen LogP contribution in [0.25, 0.3) is 0 Å². The molecule has 1 aliphatic heterocycles. The smallest absolute Gasteiger partial charge is 0.162 e. The molecule has 1 fully saturated rings. The number of morpholine rings is 1. The highest BCUT2D eigenvalue weighted by molar-refractivity contribution is 5.81. The van der Waals surface area contributed by atoms with Crippen molar-refractivity contribution >= 4 is 5.78 Å². The second kappa shape index (κ2) is 6.02. The van der Waals surface area contributed by atoms with Gasteiger partial charge in [-0.3, -0.25) is 4.79 Å². The number of carbonyl (C=O) groups excluding carboxylic acids is 1. The largest absolute Gasteiger partial charge is 0.379 e. The Balaban J connectivity index is 1.92. The molecule has 0 bridgehead atoms. The molecule has 1 saturated heterocycles. The fourth-order valence-electron chi connectivity index (χ4n) is 2.00. The Hall–Kier alpha value is -1.33. The summed E-state index contributed by atoms with van der Waals surface area (Å²) in [6, 6.07) is 3.85. The van der Waals surface area contributed by atoms with Crippen LogP contribution in [0, 0.1) is 11.6 Å². The molecule has 1 atom stereocenters. The van der Waals surface area contributed by atoms with E-state index in [2.05, 4.69) is 5.32 Å². The van der Waals surface area contributed by atoms with Crippen molar-refractivity contribution in [3.05, 3.63) is 35.4 Å². The van der Waals surface area contributed by atoms with Crippen molar-refractivity contribution in [1.29, 1.82) is 0 Å². The Morgan fingerprint density at radius 3 is 3.00 bits per heavy atom. The summed E-state index contributed by atoms with van der Waals surface area (Å²) < 4.78 is 31.6. The zero-order chi connectivity index (χ0) is 13.0. The van der Waals surface area contributed by atoms with Crippen LogP contribution >= 0.6 is 0 Å². The van der Waals surface area contributed by atoms with E-state index < -0.39 is 11.6 Å². The number of nitrogens with one attached hydrogen (secondary N) is 1. The highest BCUT2D eigenvalue weighted by Crippen LogP contribution is 2.13. The van der Waals surface area contributed by atoms with E-state index in [1.165, 1.54) is 12.1 Å². The molecule has 1 unspecified atom stereocenters. The van der Waals surface area contributed by atoms with Gasteiger partial charge in [-0.15, -0.1) is 0 Å². The molecule has 2 rings (SSSR count). The number of halogens is 2. The fourth-order valence-corrected chi connectivity index (χ4v) is 2.00. The van der Waals surface area contributed by atoms with E-state index in [4.69, 9.17) is 4.74 Å². The van der Waals surface area contributed by atoms with E-state index in [9.17, 15) is 13.6 Å². The van der Waals surface area contributed by atoms with Crippen LogP contribution in [0.5, 0.6) is 0 Å². The number of ether oxygens (including phenoxy) is 1. The van der Waals surface area contributed by atoms with Gasteiger partial charge in [0.25, 0.3) is 0 Å². The maximum Gasteiger partial charge on any atom is 0.162 e. The summed E-state index contributed by atoms with van der Waals surface area (Å²) in [7, 11) is 0. The summed E-state index contributed by atoms with van der Waals surface area (Å²) in [4.78, 5) is 11.8. The first-order chi connectivity index (χ1) is 8.66. The second-order valence-electron chi connectivity index (χ2n) is 4.36. The summed E-state index contributed by atoms with van der Waals surface area (Å²) in [5.41, 5.74) is 0.108. The molecule has 1 aliphatic rings. The van der Waals surface area contributed by atoms with Gasteiger partial charge < -0.3 is 10.1 Å². The lowest BCUT2D eigenvalue weighted by molar-refractivity contribution is -0.119. The lowest BCUT2D eigenvalue weighted by Gasteiger charge is -2.23. The molecule has 1 aromatic rings. The number of ketones is 1. The molecule has 18 heavy (non-hydrogen) atoms. The number of hydrogen-bond donors (Lipinski definition) is 1. The van der Waals surface area contributed by atoms with Gasteiger partial charge in [-0.25, -0.2) is 8.78 Å². The summed E-state index contributed by atoms with van der Waals surface area (Å²) in [6.07, 6.45) is 0.192. The van der Waals surface area contributed by atoms with Crippen molar-refractivity contribution in [2.45, 2.75) is 18.9 Å². The predicted molar refractivity (Wildman–Crippen MR) is 62.3 cm³/mol. The van der Waals surface area contributed by atoms with E-state index in [0.29, 0.717) is 19.8 Å². The van der Waals surface area contributed by atoms with Crippen LogP contribution < -0.4 is 5.32 Å². The maximum absolute atomic E-state index is 13.4. The minimum absolute atomic E-state index is 0.0251. The van der Waals surface area contributed by atoms with E-state index >= 15 is 0 Å². The first kappa shape index (κ1) is 13.1. The predicted octanol–water partition coefficient (Wildman–Crippen LogP) is 1.45. The van der Waals surface area contributed by atoms with Crippen molar-refractivity contribution < 1.29 is 18.3 Å². The number of Topliss-reactive ketones (excluding diaryl/α,β-unsaturated/α-hetero) is 1. The Morgan fingerprint density at radius 1 is 1.44 bits per heavy atom. The molecule has 1 heterocycles. The van der Waals surface area contributed by atoms with E-state index in [1.54, 1.807) is 0 Å². The summed E-state index contributed by atoms with van der Waals surface area (Å²) >= 11 is 0. The monoisotopic (exact) mass is 255 g/mol. The molecule has 0 amide bonds. The van der Waals surface area contributed by atoms with E-state index in [-0.39, 0.29) is 30.2 Å². The van der Waals surface area contributed by atoms with Gasteiger partial charge in [0.2, 0.25) is 0 Å². The fraction of sp³-hybridized carbons (Fsp3) is 0.462. The van der Waals surface area contributed by atoms with Gasteiger partial charge in [-0.2, -0.15) is 0 Å². The molecule has 5 heteroatoms. The highest BCUT2D eigenvalue weighted by Gasteiger charge is 2.18. The number of carbonyl (C=O) groups is 1. The zero-order valence-corrected chi connectivity index (χ0v) is 9.92. The summed E-state index contributed by atoms with van der Waals surface area (Å²) in [5.74, 6) is -1.97. The van der Waals surface area contributed by atoms with Gasteiger partial charge in [0.1, 0.15) is 5.78 Å². The third-order valence-corrected chi connectivity index (χ3v) is 2.89. The number of benzene rings is 1. The zero-order valence-electron chi connectivity index (χ0n) is 9.92. The van der Waals surface area contributed by atoms with Crippen molar-refractivity contribution in [3.63, 3.8) is 0 Å². The van der Waals surface area contributed by atoms with Crippen LogP contribution in [0.4, 0.5) is 8.78 Å². The van der Waals surface area contributed by atoms with Crippen molar-refractivity contribution in [3.8, 4) is 0 Å². The Labute approximate surface area is 104 Å². The summed E-state index contributed by atoms with van der Waals surface area (Å²) in [5, 5.41) is 3.15. The van der Waals surface area contributed by atoms with E-state index in [1.807, 2.05) is 0 Å². The van der Waals surface area contributed by atoms with Crippen molar-refractivity contribution in [2.75, 3.05) is 19.8 Å². The van der Waals surface area contributed by atoms with Gasteiger partial charge >= 0.3 is 0 Å². The highest BCUT2D eigenvalue weighted by atomic mass is 19.2. The molecule has 3 nitrogen and oxygen atoms in total. The van der Waals surface area contributed by atoms with Crippen LogP contribution in [-0.2, 0) is 16.0 Å². The van der Waals surface area contributed by atoms with Crippen LogP contribution in [0.1, 0.15) is 12.0 Å². The Kier molecular flexibility index (Phi) is 4.38. The normalized spacial score (nSPS) is 19.8. The third-order valence-electron chi connectivity index (χ3n) is 2.89. The molecule has 1 N–H and O–H groups in total. The quantitative estimate of drug-likeness (QED) is 0.885. The molecule has 0 saturated carbocycles. The molecular weight excluding hydrogens is 240 g/mol. The first-order valence-corrected chi connectivity index (χ1v) is 5.92. The maximum atomic E-state index is 13.4. The van der Waals surface area contributed by atoms with Crippen LogP contribution in [-0.4, -0.2) is 31.6 Å². The van der Waals surface area contributed by atoms with Crippen LogP contribution in [0.15, 0.2) is 18.2 Å². The van der Waals surface area contributed by atoms with Gasteiger partial charge in [0, 0.05) is 25.4 Å². The topological polar surface area (TPSA) is 38.3 Å². The van der Waals surface area contributed by atoms with Crippen molar-refractivity contribution in [2.24, 2.45) is 0 Å². The average Bonchev–Trinajstić information content (AvgIpc) is 2.36. The number of rotatable bonds is 4. The standard InChI is InChI=1S/C13H15F2NO2/c14-12-3-1-2-9(13(12)15)6-11(17)7-10-8-18-5-4-16-10/h1-3,10,16H,4-8H2. The second-order valence-corrected chi connectivity index (χ2v) is 4.36. The molecule has 1 aromatic carbocycles.